The van der Waals surface area contributed by atoms with Gasteiger partial charge in [-0.15, -0.1) is 4.31 Å². The second-order valence-corrected chi connectivity index (χ2v) is 6.06. The van der Waals surface area contributed by atoms with E-state index in [-0.39, 0.29) is 24.5 Å². The molecule has 20 heavy (non-hydrogen) atoms. The molecule has 2 heterocycles. The molecule has 0 bridgehead atoms. The molecular weight excluding hydrogens is 297 g/mol. The van der Waals surface area contributed by atoms with Crippen LogP contribution in [0.4, 0.5) is 13.2 Å². The lowest BCUT2D eigenvalue weighted by molar-refractivity contribution is -0.137. The van der Waals surface area contributed by atoms with Crippen molar-refractivity contribution in [3.05, 3.63) is 23.9 Å². The van der Waals surface area contributed by atoms with Crippen LogP contribution in [0, 0.1) is 0 Å². The molecule has 1 fully saturated rings. The Morgan fingerprint density at radius 1 is 1.45 bits per heavy atom. The summed E-state index contributed by atoms with van der Waals surface area (Å²) in [6.07, 6.45) is -3.62. The summed E-state index contributed by atoms with van der Waals surface area (Å²) in [4.78, 5) is 3.56. The van der Waals surface area contributed by atoms with E-state index < -0.39 is 35.3 Å². The summed E-state index contributed by atoms with van der Waals surface area (Å²) in [7, 11) is 0. The molecule has 5 nitrogen and oxygen atoms in total. The van der Waals surface area contributed by atoms with E-state index in [1.54, 1.807) is 0 Å². The summed E-state index contributed by atoms with van der Waals surface area (Å²) in [6, 6.07) is 1.86. The second kappa shape index (κ2) is 5.49. The van der Waals surface area contributed by atoms with Gasteiger partial charge in [-0.1, -0.05) is 0 Å². The van der Waals surface area contributed by atoms with Crippen molar-refractivity contribution in [1.82, 2.24) is 9.29 Å². The summed E-state index contributed by atoms with van der Waals surface area (Å²) >= 11 is -1.76. The van der Waals surface area contributed by atoms with Gasteiger partial charge in [0.25, 0.3) is 5.03 Å². The topological polar surface area (TPSA) is 79.7 Å². The summed E-state index contributed by atoms with van der Waals surface area (Å²) < 4.78 is 50.6. The number of nitrogens with zero attached hydrogens (tertiary/aromatic N) is 2. The van der Waals surface area contributed by atoms with Crippen molar-refractivity contribution in [3.63, 3.8) is 0 Å². The number of hydrogen-bond acceptors (Lipinski definition) is 5. The Kier molecular flexibility index (Phi) is 4.26. The van der Waals surface area contributed by atoms with E-state index in [2.05, 4.69) is 4.98 Å². The lowest BCUT2D eigenvalue weighted by Gasteiger charge is -2.21. The lowest BCUT2D eigenvalue weighted by atomic mass is 10.1. The minimum atomic E-state index is -4.49. The number of rotatable bonds is 3. The highest BCUT2D eigenvalue weighted by Gasteiger charge is 2.42. The molecule has 1 aliphatic heterocycles. The molecule has 9 heteroatoms. The highest BCUT2D eigenvalue weighted by Crippen LogP contribution is 2.30. The smallest absolute Gasteiger partial charge is 0.417 e. The molecule has 2 rings (SSSR count). The molecule has 1 aliphatic rings. The number of pyridine rings is 1. The van der Waals surface area contributed by atoms with Crippen LogP contribution >= 0.6 is 0 Å². The van der Waals surface area contributed by atoms with Gasteiger partial charge in [-0.2, -0.15) is 13.2 Å². The van der Waals surface area contributed by atoms with Gasteiger partial charge < -0.3 is 14.8 Å². The number of aromatic nitrogens is 1. The standard InChI is InChI=1S/C11H13F3N2O3S/c12-11(13,14)8-1-2-9(15-5-8)20(19)16-4-3-10(18,6-16)7-17/h1-2,5,17-18H,3-4,6-7H2. The summed E-state index contributed by atoms with van der Waals surface area (Å²) in [5.41, 5.74) is -2.23. The number of aliphatic hydroxyl groups excluding tert-OH is 1. The van der Waals surface area contributed by atoms with Crippen molar-refractivity contribution in [3.8, 4) is 0 Å². The molecule has 1 aromatic heterocycles. The van der Waals surface area contributed by atoms with Gasteiger partial charge >= 0.3 is 6.18 Å². The van der Waals surface area contributed by atoms with E-state index in [9.17, 15) is 22.8 Å². The Morgan fingerprint density at radius 2 is 2.15 bits per heavy atom. The number of halogens is 3. The van der Waals surface area contributed by atoms with Crippen molar-refractivity contribution in [1.29, 1.82) is 0 Å². The van der Waals surface area contributed by atoms with Gasteiger partial charge in [-0.25, -0.2) is 4.98 Å². The molecule has 2 unspecified atom stereocenters. The fourth-order valence-electron chi connectivity index (χ4n) is 1.87. The first kappa shape index (κ1) is 15.5. The van der Waals surface area contributed by atoms with E-state index in [0.29, 0.717) is 6.20 Å². The first-order valence-electron chi connectivity index (χ1n) is 5.78. The van der Waals surface area contributed by atoms with Crippen LogP contribution in [0.3, 0.4) is 0 Å². The monoisotopic (exact) mass is 310 g/mol. The first-order chi connectivity index (χ1) is 9.25. The summed E-state index contributed by atoms with van der Waals surface area (Å²) in [5.74, 6) is 0. The predicted octanol–water partition coefficient (Wildman–Crippen LogP) is 0.552. The Balaban J connectivity index is 2.09. The van der Waals surface area contributed by atoms with Gasteiger partial charge in [0.15, 0.2) is 0 Å². The highest BCUT2D eigenvalue weighted by atomic mass is 32.2. The van der Waals surface area contributed by atoms with Crippen molar-refractivity contribution < 1.29 is 27.9 Å². The van der Waals surface area contributed by atoms with Crippen LogP contribution in [0.5, 0.6) is 0 Å². The van der Waals surface area contributed by atoms with Gasteiger partial charge in [0, 0.05) is 18.8 Å². The predicted molar refractivity (Wildman–Crippen MR) is 63.9 cm³/mol. The van der Waals surface area contributed by atoms with Crippen LogP contribution in [0.1, 0.15) is 12.0 Å². The number of aliphatic hydroxyl groups is 2. The normalized spacial score (nSPS) is 25.9. The Morgan fingerprint density at radius 3 is 2.60 bits per heavy atom. The molecule has 0 aliphatic carbocycles. The molecule has 2 atom stereocenters. The molecular formula is C11H13F3N2O3S. The Labute approximate surface area is 116 Å². The number of alkyl halides is 3. The van der Waals surface area contributed by atoms with Crippen LogP contribution in [0.15, 0.2) is 23.4 Å². The second-order valence-electron chi connectivity index (χ2n) is 4.63. The third-order valence-electron chi connectivity index (χ3n) is 3.07. The minimum Gasteiger partial charge on any atom is -0.592 e. The van der Waals surface area contributed by atoms with E-state index in [1.807, 2.05) is 0 Å². The average Bonchev–Trinajstić information content (AvgIpc) is 2.80. The Bertz CT molecular complexity index is 471. The maximum Gasteiger partial charge on any atom is 0.417 e. The van der Waals surface area contributed by atoms with E-state index >= 15 is 0 Å². The van der Waals surface area contributed by atoms with E-state index in [0.717, 1.165) is 12.1 Å². The SMILES string of the molecule is [O-][S+](c1ccc(C(F)(F)F)cn1)N1CCC(O)(CO)C1. The van der Waals surface area contributed by atoms with Gasteiger partial charge in [-0.3, -0.25) is 0 Å². The van der Waals surface area contributed by atoms with Crippen LogP contribution in [-0.2, 0) is 17.5 Å². The van der Waals surface area contributed by atoms with Gasteiger partial charge in [-0.05, 0) is 12.5 Å². The summed E-state index contributed by atoms with van der Waals surface area (Å²) in [5, 5.41) is 18.8. The maximum atomic E-state index is 12.4. The van der Waals surface area contributed by atoms with Crippen LogP contribution in [0.25, 0.3) is 0 Å². The zero-order valence-electron chi connectivity index (χ0n) is 10.3. The van der Waals surface area contributed by atoms with Gasteiger partial charge in [0.1, 0.15) is 17.0 Å². The molecule has 1 saturated heterocycles. The van der Waals surface area contributed by atoms with Crippen molar-refractivity contribution in [2.24, 2.45) is 0 Å². The van der Waals surface area contributed by atoms with Crippen molar-refractivity contribution in [2.75, 3.05) is 19.7 Å². The minimum absolute atomic E-state index is 0.0137. The first-order valence-corrected chi connectivity index (χ1v) is 6.89. The highest BCUT2D eigenvalue weighted by molar-refractivity contribution is 7.89. The van der Waals surface area contributed by atoms with Crippen molar-refractivity contribution >= 4 is 11.4 Å². The van der Waals surface area contributed by atoms with E-state index in [1.165, 1.54) is 4.31 Å². The lowest BCUT2D eigenvalue weighted by Crippen LogP contribution is -2.39. The van der Waals surface area contributed by atoms with Crippen molar-refractivity contribution in [2.45, 2.75) is 23.2 Å². The molecule has 0 radical (unpaired) electrons. The average molecular weight is 310 g/mol. The largest absolute Gasteiger partial charge is 0.592 e. The third-order valence-corrected chi connectivity index (χ3v) is 4.45. The Hall–Kier alpha value is -0.870. The molecule has 0 saturated carbocycles. The molecule has 1 aromatic rings. The zero-order chi connectivity index (χ0) is 15.0. The molecule has 112 valence electrons. The molecule has 2 N–H and O–H groups in total. The van der Waals surface area contributed by atoms with Crippen LogP contribution in [-0.4, -0.2) is 49.4 Å². The quantitative estimate of drug-likeness (QED) is 0.797. The van der Waals surface area contributed by atoms with Gasteiger partial charge in [0.05, 0.1) is 18.7 Å². The van der Waals surface area contributed by atoms with E-state index in [4.69, 9.17) is 5.11 Å². The molecule has 0 amide bonds. The third kappa shape index (κ3) is 3.23. The maximum absolute atomic E-state index is 12.4. The number of β-amino-alcohol motifs (C(OH)–C–C–N with tert-alkyl or cyclic N) is 1. The fraction of sp³-hybridized carbons (Fsp3) is 0.545. The molecule has 0 aromatic carbocycles. The fourth-order valence-corrected chi connectivity index (χ4v) is 3.08. The number of hydrogen-bond donors (Lipinski definition) is 2. The summed E-state index contributed by atoms with van der Waals surface area (Å²) in [6.45, 7) is -0.202. The molecule has 0 spiro atoms. The van der Waals surface area contributed by atoms with Crippen LogP contribution in [0.2, 0.25) is 0 Å². The van der Waals surface area contributed by atoms with Crippen LogP contribution < -0.4 is 0 Å². The van der Waals surface area contributed by atoms with Gasteiger partial charge in [0.2, 0.25) is 0 Å². The zero-order valence-corrected chi connectivity index (χ0v) is 11.1.